The van der Waals surface area contributed by atoms with Crippen LogP contribution in [0.5, 0.6) is 0 Å². The molecule has 0 aliphatic heterocycles. The second-order valence-corrected chi connectivity index (χ2v) is 7.89. The molecule has 4 rings (SSSR count). The van der Waals surface area contributed by atoms with Gasteiger partial charge in [-0.15, -0.1) is 10.2 Å². The normalized spacial score (nSPS) is 10.7. The lowest BCUT2D eigenvalue weighted by atomic mass is 10.1. The third kappa shape index (κ3) is 4.23. The Bertz CT molecular complexity index is 1170. The molecule has 1 aromatic heterocycles. The number of aryl methyl sites for hydroxylation is 2. The Kier molecular flexibility index (Phi) is 5.46. The first kappa shape index (κ1) is 19.0. The van der Waals surface area contributed by atoms with Gasteiger partial charge in [-0.2, -0.15) is 5.26 Å². The van der Waals surface area contributed by atoms with E-state index in [1.807, 2.05) is 30.3 Å². The number of thioether (sulfide) groups is 1. The monoisotopic (exact) mass is 396 g/mol. The van der Waals surface area contributed by atoms with Crippen LogP contribution in [0.15, 0.2) is 78.0 Å². The van der Waals surface area contributed by atoms with Crippen LogP contribution in [0.3, 0.4) is 0 Å². The number of benzene rings is 3. The van der Waals surface area contributed by atoms with E-state index in [0.717, 1.165) is 33.5 Å². The van der Waals surface area contributed by atoms with Crippen LogP contribution in [-0.2, 0) is 5.75 Å². The zero-order valence-corrected chi connectivity index (χ0v) is 17.1. The minimum absolute atomic E-state index is 0.670. The number of hydrogen-bond donors (Lipinski definition) is 0. The molecule has 1 heterocycles. The molecule has 0 saturated carbocycles. The third-order valence-corrected chi connectivity index (χ3v) is 5.65. The molecule has 4 aromatic rings. The molecule has 5 heteroatoms. The molecule has 0 fully saturated rings. The molecule has 3 aromatic carbocycles. The van der Waals surface area contributed by atoms with E-state index in [1.54, 1.807) is 11.8 Å². The van der Waals surface area contributed by atoms with Crippen molar-refractivity contribution in [1.29, 1.82) is 5.26 Å². The lowest BCUT2D eigenvalue weighted by Gasteiger charge is -2.11. The fourth-order valence-electron chi connectivity index (χ4n) is 3.08. The van der Waals surface area contributed by atoms with E-state index in [4.69, 9.17) is 5.26 Å². The summed E-state index contributed by atoms with van der Waals surface area (Å²) in [6, 6.07) is 26.5. The zero-order chi connectivity index (χ0) is 20.2. The lowest BCUT2D eigenvalue weighted by molar-refractivity contribution is 0.885. The van der Waals surface area contributed by atoms with Crippen LogP contribution in [0.25, 0.3) is 17.1 Å². The van der Waals surface area contributed by atoms with E-state index < -0.39 is 0 Å². The van der Waals surface area contributed by atoms with Gasteiger partial charge in [-0.1, -0.05) is 65.4 Å². The predicted molar refractivity (Wildman–Crippen MR) is 117 cm³/mol. The zero-order valence-electron chi connectivity index (χ0n) is 16.3. The van der Waals surface area contributed by atoms with Gasteiger partial charge >= 0.3 is 0 Å². The minimum atomic E-state index is 0.670. The minimum Gasteiger partial charge on any atom is -0.270 e. The molecular weight excluding hydrogens is 376 g/mol. The second-order valence-electron chi connectivity index (χ2n) is 6.94. The number of aromatic nitrogens is 3. The summed E-state index contributed by atoms with van der Waals surface area (Å²) in [7, 11) is 0. The number of rotatable bonds is 5. The fraction of sp³-hybridized carbons (Fsp3) is 0.125. The molecule has 0 radical (unpaired) electrons. The van der Waals surface area contributed by atoms with Gasteiger partial charge in [-0.3, -0.25) is 4.57 Å². The number of nitrogens with zero attached hydrogens (tertiary/aromatic N) is 4. The summed E-state index contributed by atoms with van der Waals surface area (Å²) < 4.78 is 2.11. The van der Waals surface area contributed by atoms with Crippen molar-refractivity contribution in [3.05, 3.63) is 95.1 Å². The molecule has 0 N–H and O–H groups in total. The highest BCUT2D eigenvalue weighted by atomic mass is 32.2. The first-order chi connectivity index (χ1) is 14.1. The largest absolute Gasteiger partial charge is 0.270 e. The molecule has 0 atom stereocenters. The maximum Gasteiger partial charge on any atom is 0.196 e. The Morgan fingerprint density at radius 3 is 2.34 bits per heavy atom. The van der Waals surface area contributed by atoms with Gasteiger partial charge in [0, 0.05) is 17.0 Å². The molecule has 0 aliphatic carbocycles. The molecule has 0 spiro atoms. The van der Waals surface area contributed by atoms with Crippen molar-refractivity contribution in [2.75, 3.05) is 0 Å². The fourth-order valence-corrected chi connectivity index (χ4v) is 3.99. The van der Waals surface area contributed by atoms with Gasteiger partial charge in [0.15, 0.2) is 11.0 Å². The topological polar surface area (TPSA) is 54.5 Å². The van der Waals surface area contributed by atoms with Gasteiger partial charge in [0.1, 0.15) is 0 Å². The van der Waals surface area contributed by atoms with Crippen LogP contribution < -0.4 is 0 Å². The van der Waals surface area contributed by atoms with Gasteiger partial charge in [0.25, 0.3) is 0 Å². The summed E-state index contributed by atoms with van der Waals surface area (Å²) in [5.74, 6) is 1.59. The van der Waals surface area contributed by atoms with Crippen LogP contribution >= 0.6 is 11.8 Å². The smallest absolute Gasteiger partial charge is 0.196 e. The van der Waals surface area contributed by atoms with Crippen molar-refractivity contribution in [2.45, 2.75) is 24.8 Å². The SMILES string of the molecule is Cc1ccc(-n2c(SCc3ccc(C#N)cc3)nnc2-c2cccc(C)c2)cc1. The van der Waals surface area contributed by atoms with Crippen LogP contribution in [-0.4, -0.2) is 14.8 Å². The van der Waals surface area contributed by atoms with E-state index in [1.165, 1.54) is 11.1 Å². The third-order valence-electron chi connectivity index (χ3n) is 4.65. The van der Waals surface area contributed by atoms with E-state index in [-0.39, 0.29) is 0 Å². The van der Waals surface area contributed by atoms with E-state index >= 15 is 0 Å². The van der Waals surface area contributed by atoms with Gasteiger partial charge in [0.2, 0.25) is 0 Å². The maximum atomic E-state index is 8.97. The van der Waals surface area contributed by atoms with Crippen molar-refractivity contribution in [2.24, 2.45) is 0 Å². The molecule has 0 bridgehead atoms. The molecule has 29 heavy (non-hydrogen) atoms. The highest BCUT2D eigenvalue weighted by Gasteiger charge is 2.16. The summed E-state index contributed by atoms with van der Waals surface area (Å²) in [5.41, 5.74) is 6.30. The Morgan fingerprint density at radius 1 is 0.897 bits per heavy atom. The van der Waals surface area contributed by atoms with E-state index in [0.29, 0.717) is 5.56 Å². The molecule has 0 unspecified atom stereocenters. The first-order valence-corrected chi connectivity index (χ1v) is 10.3. The predicted octanol–water partition coefficient (Wildman–Crippen LogP) is 5.72. The van der Waals surface area contributed by atoms with E-state index in [9.17, 15) is 0 Å². The quantitative estimate of drug-likeness (QED) is 0.405. The van der Waals surface area contributed by atoms with Gasteiger partial charge in [-0.25, -0.2) is 0 Å². The van der Waals surface area contributed by atoms with Gasteiger partial charge in [-0.05, 0) is 49.7 Å². The molecule has 0 saturated heterocycles. The Balaban J connectivity index is 1.71. The van der Waals surface area contributed by atoms with Crippen molar-refractivity contribution in [3.8, 4) is 23.1 Å². The molecular formula is C24H20N4S. The van der Waals surface area contributed by atoms with Crippen molar-refractivity contribution >= 4 is 11.8 Å². The van der Waals surface area contributed by atoms with Gasteiger partial charge in [0.05, 0.1) is 11.6 Å². The molecule has 142 valence electrons. The highest BCUT2D eigenvalue weighted by molar-refractivity contribution is 7.98. The molecule has 0 amide bonds. The summed E-state index contributed by atoms with van der Waals surface area (Å²) >= 11 is 1.64. The summed E-state index contributed by atoms with van der Waals surface area (Å²) in [5, 5.41) is 18.8. The summed E-state index contributed by atoms with van der Waals surface area (Å²) in [4.78, 5) is 0. The average Bonchev–Trinajstić information content (AvgIpc) is 3.17. The standard InChI is InChI=1S/C24H20N4S/c1-17-6-12-22(13-7-17)28-23(21-5-3-4-18(2)14-21)26-27-24(28)29-16-20-10-8-19(15-25)9-11-20/h3-14H,16H2,1-2H3. The van der Waals surface area contributed by atoms with Crippen LogP contribution in [0.2, 0.25) is 0 Å². The van der Waals surface area contributed by atoms with Crippen molar-refractivity contribution in [3.63, 3.8) is 0 Å². The number of hydrogen-bond acceptors (Lipinski definition) is 4. The Labute approximate surface area is 174 Å². The number of nitriles is 1. The van der Waals surface area contributed by atoms with Crippen LogP contribution in [0.1, 0.15) is 22.3 Å². The second kappa shape index (κ2) is 8.34. The van der Waals surface area contributed by atoms with Gasteiger partial charge < -0.3 is 0 Å². The summed E-state index contributed by atoms with van der Waals surface area (Å²) in [6.45, 7) is 4.16. The van der Waals surface area contributed by atoms with Crippen molar-refractivity contribution < 1.29 is 0 Å². The highest BCUT2D eigenvalue weighted by Crippen LogP contribution is 2.30. The molecule has 0 aliphatic rings. The van der Waals surface area contributed by atoms with Crippen LogP contribution in [0, 0.1) is 25.2 Å². The lowest BCUT2D eigenvalue weighted by Crippen LogP contribution is -2.00. The first-order valence-electron chi connectivity index (χ1n) is 9.35. The summed E-state index contributed by atoms with van der Waals surface area (Å²) in [6.07, 6.45) is 0. The van der Waals surface area contributed by atoms with E-state index in [2.05, 4.69) is 77.1 Å². The van der Waals surface area contributed by atoms with Crippen LogP contribution in [0.4, 0.5) is 0 Å². The Hall–Kier alpha value is -3.36. The maximum absolute atomic E-state index is 8.97. The Morgan fingerprint density at radius 2 is 1.66 bits per heavy atom. The van der Waals surface area contributed by atoms with Crippen molar-refractivity contribution in [1.82, 2.24) is 14.8 Å². The average molecular weight is 397 g/mol. The molecule has 4 nitrogen and oxygen atoms in total.